The van der Waals surface area contributed by atoms with Crippen LogP contribution in [-0.2, 0) is 6.54 Å². The molecule has 2 aromatic rings. The lowest BCUT2D eigenvalue weighted by Gasteiger charge is -2.11. The summed E-state index contributed by atoms with van der Waals surface area (Å²) in [5.41, 5.74) is 2.97. The van der Waals surface area contributed by atoms with Crippen LogP contribution in [0.4, 0.5) is 0 Å². The van der Waals surface area contributed by atoms with Crippen molar-refractivity contribution in [3.63, 3.8) is 0 Å². The first-order chi connectivity index (χ1) is 8.56. The van der Waals surface area contributed by atoms with E-state index in [9.17, 15) is 5.11 Å². The van der Waals surface area contributed by atoms with Gasteiger partial charge in [0.2, 0.25) is 0 Å². The minimum atomic E-state index is 0.250. The van der Waals surface area contributed by atoms with Crippen LogP contribution < -0.4 is 0 Å². The van der Waals surface area contributed by atoms with Gasteiger partial charge in [-0.25, -0.2) is 0 Å². The summed E-state index contributed by atoms with van der Waals surface area (Å²) in [5.74, 6) is 0.250. The van der Waals surface area contributed by atoms with Crippen LogP contribution in [0.5, 0.6) is 5.75 Å². The van der Waals surface area contributed by atoms with Crippen molar-refractivity contribution >= 4 is 11.6 Å². The molecule has 0 atom stereocenters. The lowest BCUT2D eigenvalue weighted by atomic mass is 10.0. The smallest absolute Gasteiger partial charge is 0.123 e. The van der Waals surface area contributed by atoms with Gasteiger partial charge in [-0.3, -0.25) is 0 Å². The summed E-state index contributed by atoms with van der Waals surface area (Å²) >= 11 is 5.95. The molecule has 0 fully saturated rings. The third-order valence-electron chi connectivity index (χ3n) is 2.72. The van der Waals surface area contributed by atoms with Gasteiger partial charge in [0, 0.05) is 17.1 Å². The third kappa shape index (κ3) is 3.03. The van der Waals surface area contributed by atoms with E-state index in [4.69, 9.17) is 11.6 Å². The average Bonchev–Trinajstić information content (AvgIpc) is 2.33. The van der Waals surface area contributed by atoms with E-state index in [2.05, 4.69) is 17.0 Å². The van der Waals surface area contributed by atoms with E-state index in [1.807, 2.05) is 26.2 Å². The fourth-order valence-corrected chi connectivity index (χ4v) is 2.07. The fraction of sp³-hybridized carbons (Fsp3) is 0.200. The molecular formula is C15H16ClNO. The molecule has 94 valence electrons. The lowest BCUT2D eigenvalue weighted by Crippen LogP contribution is -2.10. The van der Waals surface area contributed by atoms with Gasteiger partial charge >= 0.3 is 0 Å². The number of hydrogen-bond acceptors (Lipinski definition) is 2. The van der Waals surface area contributed by atoms with Crippen molar-refractivity contribution in [3.8, 4) is 16.9 Å². The molecule has 3 heteroatoms. The first kappa shape index (κ1) is 12.9. The topological polar surface area (TPSA) is 23.5 Å². The SMILES string of the molecule is CN(C)Cc1ccc(-c2cc(Cl)ccc2O)cc1. The van der Waals surface area contributed by atoms with Gasteiger partial charge in [-0.05, 0) is 43.4 Å². The van der Waals surface area contributed by atoms with Crippen LogP contribution in [0.1, 0.15) is 5.56 Å². The van der Waals surface area contributed by atoms with Gasteiger partial charge in [-0.2, -0.15) is 0 Å². The Labute approximate surface area is 112 Å². The number of nitrogens with zero attached hydrogens (tertiary/aromatic N) is 1. The predicted octanol–water partition coefficient (Wildman–Crippen LogP) is 3.77. The normalized spacial score (nSPS) is 10.9. The summed E-state index contributed by atoms with van der Waals surface area (Å²) in [5, 5.41) is 10.5. The summed E-state index contributed by atoms with van der Waals surface area (Å²) < 4.78 is 0. The Morgan fingerprint density at radius 1 is 1.06 bits per heavy atom. The van der Waals surface area contributed by atoms with E-state index >= 15 is 0 Å². The molecule has 2 nitrogen and oxygen atoms in total. The Kier molecular flexibility index (Phi) is 3.90. The Morgan fingerprint density at radius 2 is 1.72 bits per heavy atom. The molecule has 0 aliphatic heterocycles. The maximum Gasteiger partial charge on any atom is 0.123 e. The summed E-state index contributed by atoms with van der Waals surface area (Å²) in [6.45, 7) is 0.905. The Bertz CT molecular complexity index is 535. The maximum absolute atomic E-state index is 9.84. The molecule has 1 N–H and O–H groups in total. The zero-order valence-electron chi connectivity index (χ0n) is 10.5. The van der Waals surface area contributed by atoms with Crippen molar-refractivity contribution in [1.82, 2.24) is 4.90 Å². The second-order valence-corrected chi connectivity index (χ2v) is 5.03. The molecule has 0 aliphatic rings. The second kappa shape index (κ2) is 5.42. The molecule has 2 aromatic carbocycles. The van der Waals surface area contributed by atoms with Crippen LogP contribution >= 0.6 is 11.6 Å². The van der Waals surface area contributed by atoms with Gasteiger partial charge in [0.1, 0.15) is 5.75 Å². The van der Waals surface area contributed by atoms with Crippen LogP contribution in [0.25, 0.3) is 11.1 Å². The molecule has 0 amide bonds. The van der Waals surface area contributed by atoms with Gasteiger partial charge in [0.05, 0.1) is 0 Å². The summed E-state index contributed by atoms with van der Waals surface area (Å²) in [6.07, 6.45) is 0. The monoisotopic (exact) mass is 261 g/mol. The largest absolute Gasteiger partial charge is 0.507 e. The highest BCUT2D eigenvalue weighted by atomic mass is 35.5. The lowest BCUT2D eigenvalue weighted by molar-refractivity contribution is 0.402. The number of hydrogen-bond donors (Lipinski definition) is 1. The molecule has 18 heavy (non-hydrogen) atoms. The van der Waals surface area contributed by atoms with E-state index in [0.29, 0.717) is 5.02 Å². The van der Waals surface area contributed by atoms with Crippen LogP contribution in [0.15, 0.2) is 42.5 Å². The Hall–Kier alpha value is -1.51. The van der Waals surface area contributed by atoms with Crippen molar-refractivity contribution in [1.29, 1.82) is 0 Å². The van der Waals surface area contributed by atoms with Gasteiger partial charge in [-0.1, -0.05) is 35.9 Å². The zero-order chi connectivity index (χ0) is 13.1. The Morgan fingerprint density at radius 3 is 2.33 bits per heavy atom. The molecule has 2 rings (SSSR count). The molecular weight excluding hydrogens is 246 g/mol. The van der Waals surface area contributed by atoms with Crippen molar-refractivity contribution < 1.29 is 5.11 Å². The summed E-state index contributed by atoms with van der Waals surface area (Å²) in [6, 6.07) is 13.2. The second-order valence-electron chi connectivity index (χ2n) is 4.60. The molecule has 0 saturated carbocycles. The molecule has 0 aliphatic carbocycles. The standard InChI is InChI=1S/C15H16ClNO/c1-17(2)10-11-3-5-12(6-4-11)14-9-13(16)7-8-15(14)18/h3-9,18H,10H2,1-2H3. The van der Waals surface area contributed by atoms with Gasteiger partial charge < -0.3 is 10.0 Å². The molecule has 0 unspecified atom stereocenters. The molecule has 0 spiro atoms. The summed E-state index contributed by atoms with van der Waals surface area (Å²) in [7, 11) is 4.08. The van der Waals surface area contributed by atoms with Crippen molar-refractivity contribution in [2.24, 2.45) is 0 Å². The van der Waals surface area contributed by atoms with Crippen LogP contribution in [0, 0.1) is 0 Å². The highest BCUT2D eigenvalue weighted by Gasteiger charge is 2.05. The minimum Gasteiger partial charge on any atom is -0.507 e. The van der Waals surface area contributed by atoms with E-state index in [1.165, 1.54) is 5.56 Å². The number of phenolic OH excluding ortho intramolecular Hbond substituents is 1. The summed E-state index contributed by atoms with van der Waals surface area (Å²) in [4.78, 5) is 2.12. The minimum absolute atomic E-state index is 0.250. The highest BCUT2D eigenvalue weighted by molar-refractivity contribution is 6.31. The van der Waals surface area contributed by atoms with Gasteiger partial charge in [-0.15, -0.1) is 0 Å². The zero-order valence-corrected chi connectivity index (χ0v) is 11.3. The maximum atomic E-state index is 9.84. The molecule has 0 heterocycles. The third-order valence-corrected chi connectivity index (χ3v) is 2.96. The van der Waals surface area contributed by atoms with Crippen LogP contribution in [0.3, 0.4) is 0 Å². The predicted molar refractivity (Wildman–Crippen MR) is 75.9 cm³/mol. The van der Waals surface area contributed by atoms with Crippen LogP contribution in [-0.4, -0.2) is 24.1 Å². The van der Waals surface area contributed by atoms with Crippen LogP contribution in [0.2, 0.25) is 5.02 Å². The number of halogens is 1. The molecule has 0 aromatic heterocycles. The van der Waals surface area contributed by atoms with Crippen molar-refractivity contribution in [2.45, 2.75) is 6.54 Å². The van der Waals surface area contributed by atoms with Gasteiger partial charge in [0.25, 0.3) is 0 Å². The van der Waals surface area contributed by atoms with Crippen molar-refractivity contribution in [2.75, 3.05) is 14.1 Å². The Balaban J connectivity index is 2.31. The van der Waals surface area contributed by atoms with Gasteiger partial charge in [0.15, 0.2) is 0 Å². The number of benzene rings is 2. The highest BCUT2D eigenvalue weighted by Crippen LogP contribution is 2.31. The molecule has 0 bridgehead atoms. The molecule has 0 radical (unpaired) electrons. The quantitative estimate of drug-likeness (QED) is 0.909. The van der Waals surface area contributed by atoms with E-state index in [1.54, 1.807) is 18.2 Å². The van der Waals surface area contributed by atoms with Crippen molar-refractivity contribution in [3.05, 3.63) is 53.1 Å². The number of aromatic hydroxyl groups is 1. The fourth-order valence-electron chi connectivity index (χ4n) is 1.89. The first-order valence-electron chi connectivity index (χ1n) is 5.79. The molecule has 0 saturated heterocycles. The van der Waals surface area contributed by atoms with E-state index < -0.39 is 0 Å². The number of rotatable bonds is 3. The first-order valence-corrected chi connectivity index (χ1v) is 6.16. The number of phenols is 1. The average molecular weight is 262 g/mol. The van der Waals surface area contributed by atoms with E-state index in [-0.39, 0.29) is 5.75 Å². The van der Waals surface area contributed by atoms with E-state index in [0.717, 1.165) is 17.7 Å².